The van der Waals surface area contributed by atoms with E-state index in [1.807, 2.05) is 42.5 Å². The van der Waals surface area contributed by atoms with Crippen molar-refractivity contribution in [2.75, 3.05) is 0 Å². The first-order valence-electron chi connectivity index (χ1n) is 5.95. The Balaban J connectivity index is 2.18. The van der Waals surface area contributed by atoms with Crippen molar-refractivity contribution in [2.45, 2.75) is 0 Å². The Morgan fingerprint density at radius 2 is 1.11 bits per heavy atom. The van der Waals surface area contributed by atoms with E-state index in [1.165, 1.54) is 16.7 Å². The minimum Gasteiger partial charge on any atom is -0.224 e. The van der Waals surface area contributed by atoms with Crippen molar-refractivity contribution in [3.63, 3.8) is 0 Å². The summed E-state index contributed by atoms with van der Waals surface area (Å²) >= 11 is 0. The molecule has 1 nitrogen and oxygen atoms in total. The van der Waals surface area contributed by atoms with Gasteiger partial charge in [-0.25, -0.2) is 4.42 Å². The van der Waals surface area contributed by atoms with Crippen LogP contribution in [0.4, 0.5) is 0 Å². The topological polar surface area (TPSA) is 11.3 Å². The number of hydrogen-bond acceptors (Lipinski definition) is 0. The summed E-state index contributed by atoms with van der Waals surface area (Å²) in [4.78, 5) is 0. The van der Waals surface area contributed by atoms with Gasteiger partial charge < -0.3 is 0 Å². The molecule has 0 aliphatic rings. The summed E-state index contributed by atoms with van der Waals surface area (Å²) in [6, 6.07) is 22.7. The van der Waals surface area contributed by atoms with E-state index in [-0.39, 0.29) is 0 Å². The highest BCUT2D eigenvalue weighted by Gasteiger charge is 2.11. The second-order valence-electron chi connectivity index (χ2n) is 4.12. The second kappa shape index (κ2) is 4.84. The van der Waals surface area contributed by atoms with Crippen LogP contribution in [0.1, 0.15) is 0 Å². The lowest BCUT2D eigenvalue weighted by molar-refractivity contribution is 0.552. The van der Waals surface area contributed by atoms with Crippen LogP contribution in [0.25, 0.3) is 22.3 Å². The summed E-state index contributed by atoms with van der Waals surface area (Å²) in [7, 11) is 0. The van der Waals surface area contributed by atoms with E-state index in [1.54, 1.807) is 12.5 Å². The highest BCUT2D eigenvalue weighted by molar-refractivity contribution is 5.82. The van der Waals surface area contributed by atoms with Crippen molar-refractivity contribution < 1.29 is 4.42 Å². The Morgan fingerprint density at radius 3 is 1.72 bits per heavy atom. The SMILES string of the molecule is c1ccc(-c2cc[o+]cc2-c2ccccc2)cc1. The molecule has 0 atom stereocenters. The van der Waals surface area contributed by atoms with Crippen molar-refractivity contribution in [1.82, 2.24) is 0 Å². The number of hydrogen-bond donors (Lipinski definition) is 0. The third kappa shape index (κ3) is 2.03. The van der Waals surface area contributed by atoms with Gasteiger partial charge in [0, 0.05) is 11.6 Å². The first-order valence-corrected chi connectivity index (χ1v) is 5.95. The molecule has 0 amide bonds. The normalized spacial score (nSPS) is 10.2. The molecule has 0 N–H and O–H groups in total. The molecule has 0 radical (unpaired) electrons. The lowest BCUT2D eigenvalue weighted by Gasteiger charge is -2.04. The first-order chi connectivity index (χ1) is 8.95. The van der Waals surface area contributed by atoms with Crippen LogP contribution >= 0.6 is 0 Å². The molecule has 3 aromatic rings. The zero-order chi connectivity index (χ0) is 12.2. The summed E-state index contributed by atoms with van der Waals surface area (Å²) in [5, 5.41) is 0. The minimum atomic E-state index is 1.12. The molecule has 0 spiro atoms. The predicted octanol–water partition coefficient (Wildman–Crippen LogP) is 4.89. The lowest BCUT2D eigenvalue weighted by atomic mass is 9.97. The molecule has 3 rings (SSSR count). The highest BCUT2D eigenvalue weighted by Crippen LogP contribution is 2.31. The van der Waals surface area contributed by atoms with Crippen LogP contribution in [0.2, 0.25) is 0 Å². The van der Waals surface area contributed by atoms with Gasteiger partial charge in [0.25, 0.3) is 0 Å². The zero-order valence-corrected chi connectivity index (χ0v) is 9.91. The fourth-order valence-electron chi connectivity index (χ4n) is 2.08. The molecule has 0 bridgehead atoms. The van der Waals surface area contributed by atoms with Gasteiger partial charge >= 0.3 is 12.5 Å². The van der Waals surface area contributed by atoms with Gasteiger partial charge in [0.1, 0.15) is 0 Å². The van der Waals surface area contributed by atoms with Gasteiger partial charge in [0.2, 0.25) is 0 Å². The molecule has 1 heterocycles. The summed E-state index contributed by atoms with van der Waals surface area (Å²) in [6.45, 7) is 0. The fourth-order valence-corrected chi connectivity index (χ4v) is 2.08. The third-order valence-electron chi connectivity index (χ3n) is 2.96. The van der Waals surface area contributed by atoms with Gasteiger partial charge in [-0.05, 0) is 11.1 Å². The van der Waals surface area contributed by atoms with E-state index in [0.29, 0.717) is 0 Å². The van der Waals surface area contributed by atoms with E-state index >= 15 is 0 Å². The molecule has 86 valence electrons. The zero-order valence-electron chi connectivity index (χ0n) is 9.91. The number of benzene rings is 2. The Morgan fingerprint density at radius 1 is 0.556 bits per heavy atom. The van der Waals surface area contributed by atoms with Gasteiger partial charge in [-0.15, -0.1) is 0 Å². The van der Waals surface area contributed by atoms with Crippen LogP contribution < -0.4 is 0 Å². The van der Waals surface area contributed by atoms with Crippen LogP contribution in [-0.4, -0.2) is 0 Å². The molecule has 18 heavy (non-hydrogen) atoms. The monoisotopic (exact) mass is 233 g/mol. The van der Waals surface area contributed by atoms with Crippen molar-refractivity contribution in [3.05, 3.63) is 79.3 Å². The van der Waals surface area contributed by atoms with Crippen LogP contribution in [0.5, 0.6) is 0 Å². The molecule has 1 heteroatoms. The minimum absolute atomic E-state index is 1.12. The van der Waals surface area contributed by atoms with E-state index < -0.39 is 0 Å². The van der Waals surface area contributed by atoms with Gasteiger partial charge in [-0.1, -0.05) is 60.7 Å². The summed E-state index contributed by atoms with van der Waals surface area (Å²) in [5.41, 5.74) is 4.67. The average Bonchev–Trinajstić information content (AvgIpc) is 2.49. The van der Waals surface area contributed by atoms with E-state index in [0.717, 1.165) is 5.56 Å². The maximum absolute atomic E-state index is 5.32. The Labute approximate surface area is 106 Å². The van der Waals surface area contributed by atoms with Crippen LogP contribution in [-0.2, 0) is 0 Å². The quantitative estimate of drug-likeness (QED) is 0.573. The maximum atomic E-state index is 5.32. The van der Waals surface area contributed by atoms with Crippen molar-refractivity contribution in [1.29, 1.82) is 0 Å². The summed E-state index contributed by atoms with van der Waals surface area (Å²) in [5.74, 6) is 0. The van der Waals surface area contributed by atoms with Crippen LogP contribution in [0.3, 0.4) is 0 Å². The molecule has 2 aromatic carbocycles. The first kappa shape index (κ1) is 10.7. The smallest absolute Gasteiger partial charge is 0.224 e. The van der Waals surface area contributed by atoms with Crippen molar-refractivity contribution >= 4 is 0 Å². The van der Waals surface area contributed by atoms with Crippen molar-refractivity contribution in [2.24, 2.45) is 0 Å². The maximum Gasteiger partial charge on any atom is 0.326 e. The largest absolute Gasteiger partial charge is 0.326 e. The van der Waals surface area contributed by atoms with Crippen LogP contribution in [0, 0.1) is 0 Å². The molecular weight excluding hydrogens is 220 g/mol. The Kier molecular flexibility index (Phi) is 2.89. The van der Waals surface area contributed by atoms with Crippen LogP contribution in [0.15, 0.2) is 83.7 Å². The van der Waals surface area contributed by atoms with E-state index in [9.17, 15) is 0 Å². The van der Waals surface area contributed by atoms with Crippen molar-refractivity contribution in [3.8, 4) is 22.3 Å². The second-order valence-corrected chi connectivity index (χ2v) is 4.12. The van der Waals surface area contributed by atoms with Gasteiger partial charge in [-0.3, -0.25) is 0 Å². The Hall–Kier alpha value is -2.41. The molecule has 0 saturated heterocycles. The lowest BCUT2D eigenvalue weighted by Crippen LogP contribution is -1.83. The molecule has 1 aromatic heterocycles. The summed E-state index contributed by atoms with van der Waals surface area (Å²) in [6.07, 6.45) is 3.52. The van der Waals surface area contributed by atoms with E-state index in [2.05, 4.69) is 24.3 Å². The summed E-state index contributed by atoms with van der Waals surface area (Å²) < 4.78 is 5.32. The Bertz CT molecular complexity index is 572. The predicted molar refractivity (Wildman–Crippen MR) is 74.0 cm³/mol. The number of rotatable bonds is 2. The molecular formula is C17H13O+. The fraction of sp³-hybridized carbons (Fsp3) is 0. The van der Waals surface area contributed by atoms with E-state index in [4.69, 9.17) is 4.42 Å². The molecule has 0 fully saturated rings. The average molecular weight is 233 g/mol. The molecule has 0 unspecified atom stereocenters. The molecule has 0 aliphatic heterocycles. The standard InChI is InChI=1S/C17H13O/c1-3-7-14(8-4-1)16-11-12-18-13-17(16)15-9-5-2-6-10-15/h1-13H/q+1. The third-order valence-corrected chi connectivity index (χ3v) is 2.96. The molecule has 0 saturated carbocycles. The van der Waals surface area contributed by atoms with Gasteiger partial charge in [0.05, 0.1) is 5.56 Å². The highest BCUT2D eigenvalue weighted by atomic mass is 16.3. The molecule has 0 aliphatic carbocycles. The van der Waals surface area contributed by atoms with Gasteiger partial charge in [0.15, 0.2) is 0 Å². The van der Waals surface area contributed by atoms with Gasteiger partial charge in [-0.2, -0.15) is 0 Å².